The molecule has 0 bridgehead atoms. The van der Waals surface area contributed by atoms with Crippen LogP contribution < -0.4 is 0 Å². The predicted octanol–water partition coefficient (Wildman–Crippen LogP) is 2.27. The molecule has 0 fully saturated rings. The van der Waals surface area contributed by atoms with Crippen molar-refractivity contribution in [3.8, 4) is 0 Å². The minimum absolute atomic E-state index is 0.00841. The lowest BCUT2D eigenvalue weighted by molar-refractivity contribution is -0.131. The van der Waals surface area contributed by atoms with Gasteiger partial charge in [0.1, 0.15) is 4.90 Å². The zero-order chi connectivity index (χ0) is 18.7. The van der Waals surface area contributed by atoms with Crippen LogP contribution in [0.25, 0.3) is 0 Å². The Labute approximate surface area is 153 Å². The molecule has 2 aromatic carbocycles. The zero-order valence-electron chi connectivity index (χ0n) is 14.5. The molecule has 0 radical (unpaired) electrons. The van der Waals surface area contributed by atoms with Crippen LogP contribution in [0.5, 0.6) is 0 Å². The minimum Gasteiger partial charge on any atom is -0.339 e. The first-order chi connectivity index (χ1) is 12.4. The number of sulfonamides is 1. The summed E-state index contributed by atoms with van der Waals surface area (Å²) in [5.74, 6) is -0.755. The molecule has 1 heterocycles. The van der Waals surface area contributed by atoms with Crippen LogP contribution in [0.3, 0.4) is 0 Å². The second-order valence-corrected chi connectivity index (χ2v) is 7.85. The van der Waals surface area contributed by atoms with Gasteiger partial charge in [0, 0.05) is 26.1 Å². The summed E-state index contributed by atoms with van der Waals surface area (Å²) in [5, 5.41) is 0. The van der Waals surface area contributed by atoms with Crippen molar-refractivity contribution in [3.63, 3.8) is 0 Å². The molecule has 0 spiro atoms. The molecule has 0 atom stereocenters. The fraction of sp³-hybridized carbons (Fsp3) is 0.263. The molecule has 2 amide bonds. The van der Waals surface area contributed by atoms with E-state index < -0.39 is 15.9 Å². The maximum Gasteiger partial charge on any atom is 0.269 e. The van der Waals surface area contributed by atoms with E-state index in [0.717, 1.165) is 9.87 Å². The highest BCUT2D eigenvalue weighted by Crippen LogP contribution is 2.29. The van der Waals surface area contributed by atoms with Crippen LogP contribution in [0, 0.1) is 0 Å². The molecule has 1 aliphatic rings. The number of amides is 2. The van der Waals surface area contributed by atoms with Crippen molar-refractivity contribution in [3.05, 3.63) is 65.7 Å². The molecular weight excluding hydrogens is 352 g/mol. The lowest BCUT2D eigenvalue weighted by Gasteiger charge is -2.22. The third kappa shape index (κ3) is 3.35. The Morgan fingerprint density at radius 3 is 2.35 bits per heavy atom. The zero-order valence-corrected chi connectivity index (χ0v) is 15.3. The van der Waals surface area contributed by atoms with E-state index in [0.29, 0.717) is 13.1 Å². The molecule has 2 aromatic rings. The number of carbonyl (C=O) groups excluding carboxylic acids is 2. The van der Waals surface area contributed by atoms with Gasteiger partial charge in [0.15, 0.2) is 0 Å². The summed E-state index contributed by atoms with van der Waals surface area (Å²) >= 11 is 0. The molecule has 0 saturated carbocycles. The molecule has 0 aliphatic carbocycles. The number of fused-ring (bicyclic) bond motifs is 1. The summed E-state index contributed by atoms with van der Waals surface area (Å²) in [4.78, 5) is 26.6. The fourth-order valence-electron chi connectivity index (χ4n) is 2.99. The van der Waals surface area contributed by atoms with Crippen molar-refractivity contribution in [1.82, 2.24) is 9.21 Å². The van der Waals surface area contributed by atoms with Gasteiger partial charge >= 0.3 is 0 Å². The molecule has 26 heavy (non-hydrogen) atoms. The van der Waals surface area contributed by atoms with Crippen LogP contribution in [0.4, 0.5) is 0 Å². The largest absolute Gasteiger partial charge is 0.339 e. The van der Waals surface area contributed by atoms with Gasteiger partial charge in [-0.25, -0.2) is 12.7 Å². The van der Waals surface area contributed by atoms with Gasteiger partial charge in [-0.1, -0.05) is 42.5 Å². The van der Waals surface area contributed by atoms with E-state index in [-0.39, 0.29) is 29.3 Å². The Morgan fingerprint density at radius 1 is 1.04 bits per heavy atom. The van der Waals surface area contributed by atoms with E-state index in [9.17, 15) is 18.0 Å². The topological polar surface area (TPSA) is 74.8 Å². The predicted molar refractivity (Wildman–Crippen MR) is 96.8 cm³/mol. The summed E-state index contributed by atoms with van der Waals surface area (Å²) in [5.41, 5.74) is 1.16. The van der Waals surface area contributed by atoms with Crippen LogP contribution in [0.1, 0.15) is 29.3 Å². The summed E-state index contributed by atoms with van der Waals surface area (Å²) in [6, 6.07) is 15.7. The minimum atomic E-state index is -3.87. The van der Waals surface area contributed by atoms with Crippen molar-refractivity contribution >= 4 is 21.8 Å². The van der Waals surface area contributed by atoms with E-state index in [4.69, 9.17) is 0 Å². The highest BCUT2D eigenvalue weighted by atomic mass is 32.2. The van der Waals surface area contributed by atoms with Crippen LogP contribution in [0.15, 0.2) is 59.5 Å². The second kappa shape index (κ2) is 7.29. The van der Waals surface area contributed by atoms with Crippen molar-refractivity contribution in [2.45, 2.75) is 24.8 Å². The lowest BCUT2D eigenvalue weighted by atomic mass is 10.2. The van der Waals surface area contributed by atoms with E-state index in [2.05, 4.69) is 0 Å². The van der Waals surface area contributed by atoms with E-state index in [1.165, 1.54) is 12.1 Å². The first-order valence-electron chi connectivity index (χ1n) is 8.43. The molecule has 136 valence electrons. The van der Waals surface area contributed by atoms with Crippen molar-refractivity contribution in [2.24, 2.45) is 0 Å². The number of carbonyl (C=O) groups is 2. The van der Waals surface area contributed by atoms with Crippen molar-refractivity contribution < 1.29 is 18.0 Å². The molecule has 0 saturated heterocycles. The summed E-state index contributed by atoms with van der Waals surface area (Å²) in [7, 11) is -3.87. The van der Waals surface area contributed by atoms with Crippen LogP contribution in [0.2, 0.25) is 0 Å². The van der Waals surface area contributed by atoms with Gasteiger partial charge in [0.2, 0.25) is 5.91 Å². The maximum absolute atomic E-state index is 12.5. The Hall–Kier alpha value is -2.67. The number of nitrogens with zero attached hydrogens (tertiary/aromatic N) is 2. The number of hydrogen-bond donors (Lipinski definition) is 0. The molecule has 3 rings (SSSR count). The van der Waals surface area contributed by atoms with Crippen molar-refractivity contribution in [2.75, 3.05) is 13.1 Å². The van der Waals surface area contributed by atoms with E-state index >= 15 is 0 Å². The van der Waals surface area contributed by atoms with Gasteiger partial charge in [-0.05, 0) is 24.6 Å². The molecule has 0 N–H and O–H groups in total. The smallest absolute Gasteiger partial charge is 0.269 e. The molecule has 0 unspecified atom stereocenters. The van der Waals surface area contributed by atoms with Gasteiger partial charge in [0.25, 0.3) is 15.9 Å². The first kappa shape index (κ1) is 18.1. The number of rotatable bonds is 6. The lowest BCUT2D eigenvalue weighted by Crippen LogP contribution is -2.36. The van der Waals surface area contributed by atoms with E-state index in [1.54, 1.807) is 17.0 Å². The average Bonchev–Trinajstić information content (AvgIpc) is 2.85. The summed E-state index contributed by atoms with van der Waals surface area (Å²) < 4.78 is 25.8. The normalized spacial score (nSPS) is 15.0. The first-order valence-corrected chi connectivity index (χ1v) is 9.87. The Balaban J connectivity index is 1.69. The molecule has 7 heteroatoms. The summed E-state index contributed by atoms with van der Waals surface area (Å²) in [6.07, 6.45) is -0.0420. The monoisotopic (exact) mass is 372 g/mol. The van der Waals surface area contributed by atoms with Crippen LogP contribution in [-0.4, -0.2) is 42.5 Å². The highest BCUT2D eigenvalue weighted by molar-refractivity contribution is 7.90. The Bertz CT molecular complexity index is 926. The second-order valence-electron chi connectivity index (χ2n) is 6.02. The van der Waals surface area contributed by atoms with Gasteiger partial charge in [-0.2, -0.15) is 0 Å². The summed E-state index contributed by atoms with van der Waals surface area (Å²) in [6.45, 7) is 2.68. The SMILES string of the molecule is CCN(Cc1ccccc1)C(=O)CCN1C(=O)c2ccccc2S1(=O)=O. The van der Waals surface area contributed by atoms with Gasteiger partial charge in [-0.15, -0.1) is 0 Å². The van der Waals surface area contributed by atoms with E-state index in [1.807, 2.05) is 37.3 Å². The average molecular weight is 372 g/mol. The Morgan fingerprint density at radius 2 is 1.69 bits per heavy atom. The van der Waals surface area contributed by atoms with Crippen LogP contribution >= 0.6 is 0 Å². The van der Waals surface area contributed by atoms with Gasteiger partial charge in [-0.3, -0.25) is 9.59 Å². The molecule has 0 aromatic heterocycles. The molecular formula is C19H20N2O4S. The van der Waals surface area contributed by atoms with Crippen molar-refractivity contribution in [1.29, 1.82) is 0 Å². The van der Waals surface area contributed by atoms with Crippen LogP contribution in [-0.2, 0) is 21.4 Å². The number of hydrogen-bond acceptors (Lipinski definition) is 4. The Kier molecular flexibility index (Phi) is 5.08. The third-order valence-electron chi connectivity index (χ3n) is 4.39. The quantitative estimate of drug-likeness (QED) is 0.780. The maximum atomic E-state index is 12.5. The van der Waals surface area contributed by atoms with Gasteiger partial charge < -0.3 is 4.90 Å². The fourth-order valence-corrected chi connectivity index (χ4v) is 4.56. The standard InChI is InChI=1S/C19H20N2O4S/c1-2-20(14-15-8-4-3-5-9-15)18(22)12-13-21-19(23)16-10-6-7-11-17(16)26(21,24)25/h3-11H,2,12-14H2,1H3. The van der Waals surface area contributed by atoms with Gasteiger partial charge in [0.05, 0.1) is 5.56 Å². The molecule has 6 nitrogen and oxygen atoms in total. The number of benzene rings is 2. The third-order valence-corrected chi connectivity index (χ3v) is 6.23. The molecule has 1 aliphatic heterocycles. The highest BCUT2D eigenvalue weighted by Gasteiger charge is 2.40.